The molecule has 0 aliphatic rings. The fraction of sp³-hybridized carbons (Fsp3) is 0.0500. The molecular formula is C20H15IN4O4S2. The molecule has 3 N–H and O–H groups in total. The molecule has 4 aromatic rings. The van der Waals surface area contributed by atoms with Crippen LogP contribution in [0.4, 0.5) is 0 Å². The van der Waals surface area contributed by atoms with E-state index in [0.29, 0.717) is 11.6 Å². The van der Waals surface area contributed by atoms with Crippen LogP contribution in [0.25, 0.3) is 16.4 Å². The predicted octanol–water partition coefficient (Wildman–Crippen LogP) is 3.54. The van der Waals surface area contributed by atoms with Crippen molar-refractivity contribution in [2.24, 2.45) is 5.14 Å². The Kier molecular flexibility index (Phi) is 5.92. The first-order valence-corrected chi connectivity index (χ1v) is 12.4. The first-order valence-electron chi connectivity index (χ1n) is 8.88. The van der Waals surface area contributed by atoms with Crippen LogP contribution < -0.4 is 5.14 Å². The van der Waals surface area contributed by atoms with Crippen molar-refractivity contribution in [2.75, 3.05) is 0 Å². The molecule has 0 radical (unpaired) electrons. The number of benzene rings is 2. The summed E-state index contributed by atoms with van der Waals surface area (Å²) in [4.78, 5) is 15.4. The van der Waals surface area contributed by atoms with Crippen molar-refractivity contribution in [3.63, 3.8) is 0 Å². The highest BCUT2D eigenvalue weighted by Crippen LogP contribution is 2.31. The zero-order chi connectivity index (χ0) is 22.2. The summed E-state index contributed by atoms with van der Waals surface area (Å²) in [5.41, 5.74) is 3.42. The molecule has 0 unspecified atom stereocenters. The smallest absolute Gasteiger partial charge is 0.355 e. The number of aromatic nitrogens is 3. The van der Waals surface area contributed by atoms with E-state index in [9.17, 15) is 18.3 Å². The Labute approximate surface area is 195 Å². The Hall–Kier alpha value is -2.61. The fourth-order valence-electron chi connectivity index (χ4n) is 3.00. The minimum atomic E-state index is -3.76. The zero-order valence-electron chi connectivity index (χ0n) is 15.8. The number of aromatic carboxylic acids is 1. The largest absolute Gasteiger partial charge is 0.476 e. The number of hydrogen-bond acceptors (Lipinski definition) is 6. The van der Waals surface area contributed by atoms with Crippen molar-refractivity contribution in [3.05, 3.63) is 80.5 Å². The average Bonchev–Trinajstić information content (AvgIpc) is 3.34. The molecule has 11 heteroatoms. The molecule has 0 saturated heterocycles. The third-order valence-corrected chi connectivity index (χ3v) is 7.35. The van der Waals surface area contributed by atoms with E-state index in [1.807, 2.05) is 30.3 Å². The second kappa shape index (κ2) is 8.49. The number of carbonyl (C=O) groups is 1. The second-order valence-corrected chi connectivity index (χ2v) is 10.0. The number of rotatable bonds is 6. The third-order valence-electron chi connectivity index (χ3n) is 4.49. The Morgan fingerprint density at radius 2 is 1.81 bits per heavy atom. The summed E-state index contributed by atoms with van der Waals surface area (Å²) in [6, 6.07) is 16.0. The number of primary sulfonamides is 1. The molecule has 8 nitrogen and oxygen atoms in total. The van der Waals surface area contributed by atoms with Crippen LogP contribution in [-0.2, 0) is 16.4 Å². The minimum absolute atomic E-state index is 0.0345. The van der Waals surface area contributed by atoms with E-state index in [1.54, 1.807) is 16.8 Å². The van der Waals surface area contributed by atoms with E-state index in [4.69, 9.17) is 10.2 Å². The predicted molar refractivity (Wildman–Crippen MR) is 125 cm³/mol. The highest BCUT2D eigenvalue weighted by molar-refractivity contribution is 14.1. The molecule has 0 fully saturated rings. The molecule has 2 aromatic heterocycles. The Morgan fingerprint density at radius 3 is 2.39 bits per heavy atom. The fourth-order valence-corrected chi connectivity index (χ4v) is 5.22. The van der Waals surface area contributed by atoms with Gasteiger partial charge in [-0.3, -0.25) is 0 Å². The number of hydrogen-bond donors (Lipinski definition) is 2. The number of sulfonamides is 1. The van der Waals surface area contributed by atoms with Gasteiger partial charge in [0.05, 0.1) is 10.6 Å². The summed E-state index contributed by atoms with van der Waals surface area (Å²) in [5, 5.41) is 21.0. The van der Waals surface area contributed by atoms with Crippen LogP contribution >= 0.6 is 33.9 Å². The molecule has 0 aliphatic carbocycles. The lowest BCUT2D eigenvalue weighted by Crippen LogP contribution is -2.11. The van der Waals surface area contributed by atoms with Crippen LogP contribution in [0.5, 0.6) is 0 Å². The van der Waals surface area contributed by atoms with Crippen molar-refractivity contribution in [1.82, 2.24) is 14.8 Å². The standard InChI is InChI=1S/C20H15IN4O4S2/c21-18-15(10-12-6-8-14(9-7-12)31(22,28)29)17(13-4-2-1-3-5-13)24-25(18)20-23-16(11-30-20)19(26)27/h1-9,11H,10H2,(H,26,27)(H2,22,28,29). The van der Waals surface area contributed by atoms with Gasteiger partial charge in [0, 0.05) is 22.9 Å². The molecule has 158 valence electrons. The van der Waals surface area contributed by atoms with E-state index < -0.39 is 16.0 Å². The summed E-state index contributed by atoms with van der Waals surface area (Å²) in [6.45, 7) is 0. The number of carboxylic acids is 1. The van der Waals surface area contributed by atoms with Crippen LogP contribution in [0.1, 0.15) is 21.6 Å². The van der Waals surface area contributed by atoms with Crippen LogP contribution in [0, 0.1) is 3.70 Å². The van der Waals surface area contributed by atoms with Crippen LogP contribution in [0.2, 0.25) is 0 Å². The van der Waals surface area contributed by atoms with Gasteiger partial charge in [-0.05, 0) is 40.3 Å². The molecule has 0 aliphatic heterocycles. The number of thiazole rings is 1. The summed E-state index contributed by atoms with van der Waals surface area (Å²) >= 11 is 3.37. The van der Waals surface area contributed by atoms with Gasteiger partial charge in [-0.25, -0.2) is 23.3 Å². The normalized spacial score (nSPS) is 11.5. The SMILES string of the molecule is NS(=O)(=O)c1ccc(Cc2c(-c3ccccc3)nn(-c3nc(C(=O)O)cs3)c2I)cc1. The van der Waals surface area contributed by atoms with E-state index >= 15 is 0 Å². The van der Waals surface area contributed by atoms with Gasteiger partial charge in [-0.1, -0.05) is 42.5 Å². The van der Waals surface area contributed by atoms with Gasteiger partial charge in [0.15, 0.2) is 5.69 Å². The molecule has 0 bridgehead atoms. The highest BCUT2D eigenvalue weighted by Gasteiger charge is 2.21. The molecule has 4 rings (SSSR count). The molecule has 0 amide bonds. The zero-order valence-corrected chi connectivity index (χ0v) is 19.6. The Balaban J connectivity index is 1.80. The van der Waals surface area contributed by atoms with Gasteiger partial charge >= 0.3 is 5.97 Å². The molecular weight excluding hydrogens is 551 g/mol. The van der Waals surface area contributed by atoms with Crippen molar-refractivity contribution < 1.29 is 18.3 Å². The molecule has 0 atom stereocenters. The Bertz CT molecular complexity index is 1360. The maximum atomic E-state index is 11.5. The molecule has 2 aromatic carbocycles. The maximum absolute atomic E-state index is 11.5. The summed E-state index contributed by atoms with van der Waals surface area (Å²) in [6.07, 6.45) is 0.491. The lowest BCUT2D eigenvalue weighted by Gasteiger charge is -2.05. The summed E-state index contributed by atoms with van der Waals surface area (Å²) in [7, 11) is -3.76. The van der Waals surface area contributed by atoms with Crippen molar-refractivity contribution in [2.45, 2.75) is 11.3 Å². The van der Waals surface area contributed by atoms with Crippen molar-refractivity contribution in [1.29, 1.82) is 0 Å². The van der Waals surface area contributed by atoms with Gasteiger partial charge in [0.2, 0.25) is 15.2 Å². The molecule has 31 heavy (non-hydrogen) atoms. The Morgan fingerprint density at radius 1 is 1.13 bits per heavy atom. The van der Waals surface area contributed by atoms with Crippen LogP contribution in [0.3, 0.4) is 0 Å². The second-order valence-electron chi connectivity index (χ2n) is 6.58. The lowest BCUT2D eigenvalue weighted by atomic mass is 10.0. The van der Waals surface area contributed by atoms with Crippen molar-refractivity contribution >= 4 is 49.9 Å². The summed E-state index contributed by atoms with van der Waals surface area (Å²) < 4.78 is 25.5. The van der Waals surface area contributed by atoms with Gasteiger partial charge < -0.3 is 5.11 Å². The molecule has 2 heterocycles. The van der Waals surface area contributed by atoms with Gasteiger partial charge in [-0.15, -0.1) is 11.3 Å². The van der Waals surface area contributed by atoms with Gasteiger partial charge in [0.1, 0.15) is 3.70 Å². The summed E-state index contributed by atoms with van der Waals surface area (Å²) in [5.74, 6) is -1.09. The molecule has 0 saturated carbocycles. The number of nitrogens with zero attached hydrogens (tertiary/aromatic N) is 3. The van der Waals surface area contributed by atoms with Gasteiger partial charge in [0.25, 0.3) is 0 Å². The highest BCUT2D eigenvalue weighted by atomic mass is 127. The molecule has 0 spiro atoms. The maximum Gasteiger partial charge on any atom is 0.355 e. The topological polar surface area (TPSA) is 128 Å². The van der Waals surface area contributed by atoms with Crippen LogP contribution in [0.15, 0.2) is 64.9 Å². The third kappa shape index (κ3) is 4.54. The van der Waals surface area contributed by atoms with E-state index in [1.165, 1.54) is 28.8 Å². The lowest BCUT2D eigenvalue weighted by molar-refractivity contribution is 0.0691. The van der Waals surface area contributed by atoms with Crippen molar-refractivity contribution in [3.8, 4) is 16.4 Å². The monoisotopic (exact) mass is 566 g/mol. The quantitative estimate of drug-likeness (QED) is 0.344. The van der Waals surface area contributed by atoms with E-state index in [0.717, 1.165) is 26.1 Å². The first-order chi connectivity index (χ1) is 14.7. The van der Waals surface area contributed by atoms with Gasteiger partial charge in [-0.2, -0.15) is 9.78 Å². The van der Waals surface area contributed by atoms with Crippen LogP contribution in [-0.4, -0.2) is 34.3 Å². The minimum Gasteiger partial charge on any atom is -0.476 e. The number of halogens is 1. The number of nitrogens with two attached hydrogens (primary N) is 1. The number of carboxylic acid groups (broad SMARTS) is 1. The van der Waals surface area contributed by atoms with E-state index in [-0.39, 0.29) is 10.6 Å². The average molecular weight is 566 g/mol. The first kappa shape index (κ1) is 21.6. The van der Waals surface area contributed by atoms with E-state index in [2.05, 4.69) is 27.6 Å².